The number of thiazole rings is 1. The number of carbonyl (C=O) groups is 1. The van der Waals surface area contributed by atoms with Crippen LogP contribution in [0.3, 0.4) is 0 Å². The Bertz CT molecular complexity index is 966. The average molecular weight is 393 g/mol. The Morgan fingerprint density at radius 2 is 2.07 bits per heavy atom. The van der Waals surface area contributed by atoms with Gasteiger partial charge in [0.15, 0.2) is 10.8 Å². The van der Waals surface area contributed by atoms with E-state index in [0.29, 0.717) is 16.9 Å². The maximum absolute atomic E-state index is 12.6. The molecule has 146 valence electrons. The molecular weight excluding hydrogens is 370 g/mol. The summed E-state index contributed by atoms with van der Waals surface area (Å²) in [5, 5.41) is 3.55. The highest BCUT2D eigenvalue weighted by Gasteiger charge is 2.22. The van der Waals surface area contributed by atoms with Crippen molar-refractivity contribution in [3.05, 3.63) is 20.8 Å². The summed E-state index contributed by atoms with van der Waals surface area (Å²) >= 11 is 1.29. The van der Waals surface area contributed by atoms with Gasteiger partial charge in [0.2, 0.25) is 5.91 Å². The van der Waals surface area contributed by atoms with Crippen LogP contribution in [0.1, 0.15) is 25.7 Å². The van der Waals surface area contributed by atoms with E-state index >= 15 is 0 Å². The zero-order chi connectivity index (χ0) is 19.0. The Kier molecular flexibility index (Phi) is 5.00. The van der Waals surface area contributed by atoms with Gasteiger partial charge in [-0.1, -0.05) is 11.3 Å². The van der Waals surface area contributed by atoms with Crippen molar-refractivity contribution in [3.63, 3.8) is 0 Å². The summed E-state index contributed by atoms with van der Waals surface area (Å²) in [7, 11) is 1.43. The highest BCUT2D eigenvalue weighted by molar-refractivity contribution is 7.22. The molecule has 1 amide bonds. The first-order valence-electron chi connectivity index (χ1n) is 9.28. The summed E-state index contributed by atoms with van der Waals surface area (Å²) in [4.78, 5) is 44.1. The summed E-state index contributed by atoms with van der Waals surface area (Å²) in [6.45, 7) is 2.77. The van der Waals surface area contributed by atoms with Crippen LogP contribution in [0.4, 0.5) is 5.13 Å². The minimum Gasteiger partial charge on any atom is -0.376 e. The minimum atomic E-state index is -0.530. The van der Waals surface area contributed by atoms with Gasteiger partial charge in [-0.25, -0.2) is 9.78 Å². The molecule has 2 saturated heterocycles. The molecule has 2 fully saturated rings. The second kappa shape index (κ2) is 7.43. The second-order valence-corrected chi connectivity index (χ2v) is 7.99. The van der Waals surface area contributed by atoms with E-state index in [-0.39, 0.29) is 24.1 Å². The third-order valence-electron chi connectivity index (χ3n) is 5.10. The third kappa shape index (κ3) is 3.51. The van der Waals surface area contributed by atoms with Crippen LogP contribution in [0.15, 0.2) is 9.59 Å². The van der Waals surface area contributed by atoms with Crippen LogP contribution in [0, 0.1) is 0 Å². The summed E-state index contributed by atoms with van der Waals surface area (Å²) in [6, 6.07) is 0. The number of ether oxygens (including phenoxy) is 1. The zero-order valence-electron chi connectivity index (χ0n) is 15.3. The molecule has 1 N–H and O–H groups in total. The molecule has 9 nitrogen and oxygen atoms in total. The molecule has 2 aliphatic rings. The monoisotopic (exact) mass is 393 g/mol. The third-order valence-corrected chi connectivity index (χ3v) is 6.19. The van der Waals surface area contributed by atoms with E-state index in [4.69, 9.17) is 4.74 Å². The van der Waals surface area contributed by atoms with E-state index in [2.05, 4.69) is 15.2 Å². The molecule has 0 spiro atoms. The maximum Gasteiger partial charge on any atom is 0.332 e. The number of anilines is 1. The molecule has 0 aliphatic carbocycles. The van der Waals surface area contributed by atoms with E-state index < -0.39 is 5.69 Å². The van der Waals surface area contributed by atoms with Crippen LogP contribution < -0.4 is 21.5 Å². The molecule has 0 saturated carbocycles. The lowest BCUT2D eigenvalue weighted by Crippen LogP contribution is -2.42. The van der Waals surface area contributed by atoms with Crippen molar-refractivity contribution in [1.82, 2.24) is 19.4 Å². The fourth-order valence-electron chi connectivity index (χ4n) is 3.55. The van der Waals surface area contributed by atoms with Gasteiger partial charge in [-0.05, 0) is 25.7 Å². The fourth-order valence-corrected chi connectivity index (χ4v) is 4.65. The van der Waals surface area contributed by atoms with Gasteiger partial charge < -0.3 is 15.0 Å². The molecular formula is C17H23N5O4S. The van der Waals surface area contributed by atoms with Crippen LogP contribution in [-0.2, 0) is 23.1 Å². The number of hydrogen-bond donors (Lipinski definition) is 1. The summed E-state index contributed by atoms with van der Waals surface area (Å²) < 4.78 is 8.24. The topological polar surface area (TPSA) is 98.5 Å². The summed E-state index contributed by atoms with van der Waals surface area (Å²) in [6.07, 6.45) is 4.14. The smallest absolute Gasteiger partial charge is 0.332 e. The molecule has 2 aliphatic heterocycles. The average Bonchev–Trinajstić information content (AvgIpc) is 3.41. The van der Waals surface area contributed by atoms with Crippen molar-refractivity contribution in [3.8, 4) is 0 Å². The lowest BCUT2D eigenvalue weighted by molar-refractivity contribution is -0.122. The highest BCUT2D eigenvalue weighted by atomic mass is 32.1. The summed E-state index contributed by atoms with van der Waals surface area (Å²) in [5.41, 5.74) is -0.603. The lowest BCUT2D eigenvalue weighted by atomic mass is 10.2. The van der Waals surface area contributed by atoms with E-state index in [0.717, 1.165) is 55.1 Å². The van der Waals surface area contributed by atoms with Crippen LogP contribution >= 0.6 is 11.3 Å². The number of nitrogens with one attached hydrogen (secondary N) is 1. The Morgan fingerprint density at radius 3 is 2.78 bits per heavy atom. The van der Waals surface area contributed by atoms with E-state index in [1.807, 2.05) is 0 Å². The molecule has 0 radical (unpaired) electrons. The number of hydrogen-bond acceptors (Lipinski definition) is 7. The number of rotatable bonds is 5. The van der Waals surface area contributed by atoms with Gasteiger partial charge in [-0.2, -0.15) is 0 Å². The normalized spacial score (nSPS) is 19.9. The van der Waals surface area contributed by atoms with Gasteiger partial charge in [0.05, 0.1) is 6.10 Å². The molecule has 0 bridgehead atoms. The van der Waals surface area contributed by atoms with Crippen molar-refractivity contribution >= 4 is 32.7 Å². The molecule has 10 heteroatoms. The van der Waals surface area contributed by atoms with Crippen LogP contribution in [-0.4, -0.2) is 52.4 Å². The van der Waals surface area contributed by atoms with E-state index in [1.165, 1.54) is 23.0 Å². The first kappa shape index (κ1) is 18.2. The SMILES string of the molecule is Cn1c(=O)c2sc(N3CCCC3)nc2n(CC(=O)NC[C@@H]2CCCO2)c1=O. The first-order chi connectivity index (χ1) is 13.0. The highest BCUT2D eigenvalue weighted by Crippen LogP contribution is 2.28. The molecule has 2 aromatic rings. The van der Waals surface area contributed by atoms with E-state index in [9.17, 15) is 14.4 Å². The number of fused-ring (bicyclic) bond motifs is 1. The van der Waals surface area contributed by atoms with Gasteiger partial charge in [0.25, 0.3) is 5.56 Å². The van der Waals surface area contributed by atoms with Crippen LogP contribution in [0.5, 0.6) is 0 Å². The molecule has 27 heavy (non-hydrogen) atoms. The maximum atomic E-state index is 12.6. The number of aromatic nitrogens is 3. The van der Waals surface area contributed by atoms with Crippen molar-refractivity contribution in [2.24, 2.45) is 7.05 Å². The van der Waals surface area contributed by atoms with Crippen molar-refractivity contribution in [1.29, 1.82) is 0 Å². The zero-order valence-corrected chi connectivity index (χ0v) is 16.1. The predicted molar refractivity (Wildman–Crippen MR) is 103 cm³/mol. The van der Waals surface area contributed by atoms with Crippen molar-refractivity contribution in [2.45, 2.75) is 38.3 Å². The molecule has 4 heterocycles. The Balaban J connectivity index is 1.63. The molecule has 4 rings (SSSR count). The first-order valence-corrected chi connectivity index (χ1v) is 10.1. The molecule has 1 atom stereocenters. The van der Waals surface area contributed by atoms with E-state index in [1.54, 1.807) is 0 Å². The van der Waals surface area contributed by atoms with Gasteiger partial charge >= 0.3 is 5.69 Å². The van der Waals surface area contributed by atoms with Gasteiger partial charge in [-0.3, -0.25) is 18.7 Å². The lowest BCUT2D eigenvalue weighted by Gasteiger charge is -2.13. The number of amides is 1. The van der Waals surface area contributed by atoms with Crippen LogP contribution in [0.25, 0.3) is 10.3 Å². The van der Waals surface area contributed by atoms with Gasteiger partial charge in [0, 0.05) is 33.3 Å². The Labute approximate surface area is 159 Å². The van der Waals surface area contributed by atoms with Gasteiger partial charge in [0.1, 0.15) is 11.2 Å². The predicted octanol–water partition coefficient (Wildman–Crippen LogP) is 0.0521. The fraction of sp³-hybridized carbons (Fsp3) is 0.647. The largest absolute Gasteiger partial charge is 0.376 e. The number of carbonyl (C=O) groups excluding carboxylic acids is 1. The standard InChI is InChI=1S/C17H23N5O4S/c1-20-15(24)13-14(19-16(27-13)21-6-2-3-7-21)22(17(20)25)10-12(23)18-9-11-5-4-8-26-11/h11H,2-10H2,1H3,(H,18,23)/t11-/m0/s1. The molecule has 2 aromatic heterocycles. The Morgan fingerprint density at radius 1 is 1.30 bits per heavy atom. The minimum absolute atomic E-state index is 0.0341. The van der Waals surface area contributed by atoms with Crippen LogP contribution in [0.2, 0.25) is 0 Å². The summed E-state index contributed by atoms with van der Waals surface area (Å²) in [5.74, 6) is -0.289. The van der Waals surface area contributed by atoms with Gasteiger partial charge in [-0.15, -0.1) is 0 Å². The number of nitrogens with zero attached hydrogens (tertiary/aromatic N) is 4. The Hall–Kier alpha value is -2.20. The quantitative estimate of drug-likeness (QED) is 0.771. The molecule has 0 unspecified atom stereocenters. The van der Waals surface area contributed by atoms with Crippen molar-refractivity contribution in [2.75, 3.05) is 31.1 Å². The molecule has 0 aromatic carbocycles. The second-order valence-electron chi connectivity index (χ2n) is 7.02. The van der Waals surface area contributed by atoms with Crippen molar-refractivity contribution < 1.29 is 9.53 Å².